The molecule has 0 radical (unpaired) electrons. The number of hydrogen-bond acceptors (Lipinski definition) is 4. The molecule has 0 saturated heterocycles. The molecule has 0 aliphatic heterocycles. The Labute approximate surface area is 149 Å². The first-order valence-corrected chi connectivity index (χ1v) is 7.88. The predicted molar refractivity (Wildman–Crippen MR) is 97.2 cm³/mol. The summed E-state index contributed by atoms with van der Waals surface area (Å²) in [7, 11) is 0. The van der Waals surface area contributed by atoms with Crippen molar-refractivity contribution in [2.75, 3.05) is 0 Å². The third-order valence-corrected chi connectivity index (χ3v) is 3.77. The van der Waals surface area contributed by atoms with Gasteiger partial charge in [-0.2, -0.15) is 5.10 Å². The van der Waals surface area contributed by atoms with Crippen LogP contribution < -0.4 is 5.43 Å². The number of amides is 1. The molecule has 0 bridgehead atoms. The van der Waals surface area contributed by atoms with Crippen LogP contribution in [-0.4, -0.2) is 22.7 Å². The van der Waals surface area contributed by atoms with Crippen molar-refractivity contribution in [3.63, 3.8) is 0 Å². The lowest BCUT2D eigenvalue weighted by atomic mass is 10.1. The Morgan fingerprint density at radius 3 is 2.23 bits per heavy atom. The molecule has 0 aliphatic rings. The van der Waals surface area contributed by atoms with Gasteiger partial charge in [-0.05, 0) is 36.8 Å². The van der Waals surface area contributed by atoms with Crippen LogP contribution in [0.25, 0.3) is 11.3 Å². The Balaban J connectivity index is 1.71. The summed E-state index contributed by atoms with van der Waals surface area (Å²) in [5.41, 5.74) is 5.28. The lowest BCUT2D eigenvalue weighted by Crippen LogP contribution is -2.19. The van der Waals surface area contributed by atoms with Crippen LogP contribution in [-0.2, 0) is 0 Å². The maximum absolute atomic E-state index is 12.0. The average Bonchev–Trinajstić information content (AvgIpc) is 3.17. The van der Waals surface area contributed by atoms with E-state index >= 15 is 0 Å². The molecule has 130 valence electrons. The minimum absolute atomic E-state index is 0.106. The highest BCUT2D eigenvalue weighted by Gasteiger charge is 2.10. The number of benzene rings is 2. The van der Waals surface area contributed by atoms with Gasteiger partial charge in [-0.15, -0.1) is 0 Å². The van der Waals surface area contributed by atoms with E-state index in [1.807, 2.05) is 18.2 Å². The van der Waals surface area contributed by atoms with Gasteiger partial charge in [-0.25, -0.2) is 10.2 Å². The summed E-state index contributed by atoms with van der Waals surface area (Å²) < 4.78 is 5.27. The first-order chi connectivity index (χ1) is 12.5. The van der Waals surface area contributed by atoms with Crippen LogP contribution in [0.15, 0.2) is 76.2 Å². The first-order valence-electron chi connectivity index (χ1n) is 7.88. The molecule has 0 spiro atoms. The van der Waals surface area contributed by atoms with Gasteiger partial charge in [0.25, 0.3) is 5.91 Å². The summed E-state index contributed by atoms with van der Waals surface area (Å²) in [6.45, 7) is 1.79. The average molecular weight is 348 g/mol. The van der Waals surface area contributed by atoms with E-state index < -0.39 is 5.97 Å². The van der Waals surface area contributed by atoms with Crippen LogP contribution in [0.2, 0.25) is 0 Å². The van der Waals surface area contributed by atoms with Gasteiger partial charge in [0.05, 0.1) is 5.71 Å². The molecule has 1 heterocycles. The van der Waals surface area contributed by atoms with Crippen molar-refractivity contribution in [2.24, 2.45) is 5.10 Å². The Bertz CT molecular complexity index is 957. The lowest BCUT2D eigenvalue weighted by molar-refractivity contribution is 0.0663. The summed E-state index contributed by atoms with van der Waals surface area (Å²) >= 11 is 0. The standard InChI is InChI=1S/C20H16N2O4/c1-13(21-22-19(23)16-5-3-2-4-6-16)14-7-9-15(10-8-14)17-11-12-18(26-17)20(24)25/h2-12H,1H3,(H,22,23)(H,24,25)/b21-13-. The number of hydrogen-bond donors (Lipinski definition) is 2. The van der Waals surface area contributed by atoms with E-state index in [2.05, 4.69) is 10.5 Å². The zero-order valence-corrected chi connectivity index (χ0v) is 14.0. The summed E-state index contributed by atoms with van der Waals surface area (Å²) in [4.78, 5) is 22.9. The third kappa shape index (κ3) is 3.87. The van der Waals surface area contributed by atoms with Crippen LogP contribution in [0, 0.1) is 0 Å². The fourth-order valence-electron chi connectivity index (χ4n) is 2.34. The van der Waals surface area contributed by atoms with E-state index in [9.17, 15) is 9.59 Å². The molecule has 0 saturated carbocycles. The normalized spacial score (nSPS) is 11.2. The Kier molecular flexibility index (Phi) is 4.94. The van der Waals surface area contributed by atoms with Crippen molar-refractivity contribution in [2.45, 2.75) is 6.92 Å². The summed E-state index contributed by atoms with van der Waals surface area (Å²) in [6.07, 6.45) is 0. The quantitative estimate of drug-likeness (QED) is 0.542. The molecule has 1 aromatic heterocycles. The summed E-state index contributed by atoms with van der Waals surface area (Å²) in [5.74, 6) is -1.02. The molecule has 3 rings (SSSR count). The van der Waals surface area contributed by atoms with Gasteiger partial charge in [-0.1, -0.05) is 42.5 Å². The monoisotopic (exact) mass is 348 g/mol. The van der Waals surface area contributed by atoms with Gasteiger partial charge in [0, 0.05) is 11.1 Å². The minimum Gasteiger partial charge on any atom is -0.475 e. The number of rotatable bonds is 5. The van der Waals surface area contributed by atoms with E-state index in [0.29, 0.717) is 17.0 Å². The number of furan rings is 1. The highest BCUT2D eigenvalue weighted by molar-refractivity contribution is 6.01. The number of nitrogens with zero attached hydrogens (tertiary/aromatic N) is 1. The maximum atomic E-state index is 12.0. The Hall–Kier alpha value is -3.67. The molecule has 0 atom stereocenters. The van der Waals surface area contributed by atoms with Crippen molar-refractivity contribution in [3.8, 4) is 11.3 Å². The van der Waals surface area contributed by atoms with E-state index in [1.54, 1.807) is 49.4 Å². The molecule has 1 amide bonds. The van der Waals surface area contributed by atoms with Crippen molar-refractivity contribution >= 4 is 17.6 Å². The SMILES string of the molecule is C/C(=N/NC(=O)c1ccccc1)c1ccc(-c2ccc(C(=O)O)o2)cc1. The molecular formula is C20H16N2O4. The Morgan fingerprint density at radius 1 is 0.923 bits per heavy atom. The number of carbonyl (C=O) groups is 2. The molecule has 0 unspecified atom stereocenters. The topological polar surface area (TPSA) is 91.9 Å². The van der Waals surface area contributed by atoms with Gasteiger partial charge in [0.15, 0.2) is 0 Å². The lowest BCUT2D eigenvalue weighted by Gasteiger charge is -2.04. The van der Waals surface area contributed by atoms with Gasteiger partial charge in [-0.3, -0.25) is 4.79 Å². The highest BCUT2D eigenvalue weighted by atomic mass is 16.4. The molecule has 6 nitrogen and oxygen atoms in total. The second-order valence-electron chi connectivity index (χ2n) is 5.55. The number of nitrogens with one attached hydrogen (secondary N) is 1. The zero-order valence-electron chi connectivity index (χ0n) is 14.0. The van der Waals surface area contributed by atoms with Gasteiger partial charge < -0.3 is 9.52 Å². The second-order valence-corrected chi connectivity index (χ2v) is 5.55. The largest absolute Gasteiger partial charge is 0.475 e. The van der Waals surface area contributed by atoms with Crippen molar-refractivity contribution < 1.29 is 19.1 Å². The molecule has 2 aromatic carbocycles. The number of hydrazone groups is 1. The fraction of sp³-hybridized carbons (Fsp3) is 0.0500. The molecule has 0 fully saturated rings. The van der Waals surface area contributed by atoms with E-state index in [4.69, 9.17) is 9.52 Å². The molecule has 26 heavy (non-hydrogen) atoms. The van der Waals surface area contributed by atoms with Crippen molar-refractivity contribution in [1.82, 2.24) is 5.43 Å². The van der Waals surface area contributed by atoms with Gasteiger partial charge >= 0.3 is 5.97 Å². The molecule has 6 heteroatoms. The van der Waals surface area contributed by atoms with Gasteiger partial charge in [0.1, 0.15) is 5.76 Å². The van der Waals surface area contributed by atoms with Crippen LogP contribution in [0.3, 0.4) is 0 Å². The number of aromatic carboxylic acids is 1. The molecular weight excluding hydrogens is 332 g/mol. The van der Waals surface area contributed by atoms with Crippen LogP contribution in [0.4, 0.5) is 0 Å². The van der Waals surface area contributed by atoms with E-state index in [-0.39, 0.29) is 11.7 Å². The number of carboxylic acid groups (broad SMARTS) is 1. The molecule has 0 aliphatic carbocycles. The van der Waals surface area contributed by atoms with E-state index in [0.717, 1.165) is 11.1 Å². The first kappa shape index (κ1) is 17.2. The van der Waals surface area contributed by atoms with Crippen LogP contribution in [0.1, 0.15) is 33.4 Å². The van der Waals surface area contributed by atoms with Crippen molar-refractivity contribution in [3.05, 3.63) is 83.6 Å². The maximum Gasteiger partial charge on any atom is 0.371 e. The fourth-order valence-corrected chi connectivity index (χ4v) is 2.34. The summed E-state index contributed by atoms with van der Waals surface area (Å²) in [5, 5.41) is 13.0. The predicted octanol–water partition coefficient (Wildman–Crippen LogP) is 3.80. The smallest absolute Gasteiger partial charge is 0.371 e. The molecule has 2 N–H and O–H groups in total. The zero-order chi connectivity index (χ0) is 18.5. The van der Waals surface area contributed by atoms with Crippen molar-refractivity contribution in [1.29, 1.82) is 0 Å². The Morgan fingerprint density at radius 2 is 1.62 bits per heavy atom. The van der Waals surface area contributed by atoms with Gasteiger partial charge in [0.2, 0.25) is 5.76 Å². The minimum atomic E-state index is -1.11. The van der Waals surface area contributed by atoms with Crippen LogP contribution >= 0.6 is 0 Å². The molecule has 3 aromatic rings. The highest BCUT2D eigenvalue weighted by Crippen LogP contribution is 2.22. The second kappa shape index (κ2) is 7.48. The van der Waals surface area contributed by atoms with E-state index in [1.165, 1.54) is 6.07 Å². The number of carbonyl (C=O) groups excluding carboxylic acids is 1. The third-order valence-electron chi connectivity index (χ3n) is 3.77. The van der Waals surface area contributed by atoms with Crippen LogP contribution in [0.5, 0.6) is 0 Å². The number of carboxylic acids is 1. The summed E-state index contributed by atoms with van der Waals surface area (Å²) in [6, 6.07) is 19.1.